The third-order valence-corrected chi connectivity index (χ3v) is 4.97. The van der Waals surface area contributed by atoms with Gasteiger partial charge < -0.3 is 24.7 Å². The summed E-state index contributed by atoms with van der Waals surface area (Å²) in [7, 11) is 0. The number of amides is 1. The van der Waals surface area contributed by atoms with E-state index >= 15 is 0 Å². The van der Waals surface area contributed by atoms with Crippen LogP contribution in [0.15, 0.2) is 52.2 Å². The number of carbonyl (C=O) groups excluding carboxylic acids is 1. The number of hydrogen-bond donors (Lipinski definition) is 2. The van der Waals surface area contributed by atoms with Crippen LogP contribution in [0.2, 0.25) is 0 Å². The number of pyridine rings is 1. The smallest absolute Gasteiger partial charge is 0.409 e. The molecule has 1 saturated heterocycles. The molecule has 2 aromatic heterocycles. The lowest BCUT2D eigenvalue weighted by Gasteiger charge is -2.32. The van der Waals surface area contributed by atoms with Crippen LogP contribution in [0.1, 0.15) is 31.2 Å². The fourth-order valence-corrected chi connectivity index (χ4v) is 3.35. The van der Waals surface area contributed by atoms with Crippen LogP contribution in [-0.2, 0) is 17.6 Å². The fraction of sp³-hybridized carbons (Fsp3) is 0.500. The zero-order valence-electron chi connectivity index (χ0n) is 18.0. The van der Waals surface area contributed by atoms with E-state index in [1.54, 1.807) is 11.2 Å². The summed E-state index contributed by atoms with van der Waals surface area (Å²) in [6, 6.07) is 10.1. The first-order valence-electron chi connectivity index (χ1n) is 10.6. The molecule has 0 saturated carbocycles. The van der Waals surface area contributed by atoms with Gasteiger partial charge in [0.25, 0.3) is 0 Å². The highest BCUT2D eigenvalue weighted by atomic mass is 127. The standard InChI is InChI=1S/C22H31N5O3.HI/c1-2-29-22(28)27-15-10-19(11-16-27)26-21(25-14-9-20-7-5-17-30-20)24-13-8-18-6-3-4-12-23-18;/h3-7,12,17,19H,2,8-11,13-16H2,1H3,(H2,24,25,26);1H. The maximum atomic E-state index is 11.9. The Bertz CT molecular complexity index is 778. The summed E-state index contributed by atoms with van der Waals surface area (Å²) in [6.45, 7) is 4.98. The third kappa shape index (κ3) is 8.76. The molecule has 1 fully saturated rings. The van der Waals surface area contributed by atoms with Crippen LogP contribution >= 0.6 is 24.0 Å². The summed E-state index contributed by atoms with van der Waals surface area (Å²) in [5, 5.41) is 6.94. The molecule has 31 heavy (non-hydrogen) atoms. The lowest BCUT2D eigenvalue weighted by Crippen LogP contribution is -2.50. The van der Waals surface area contributed by atoms with Crippen molar-refractivity contribution >= 4 is 36.0 Å². The van der Waals surface area contributed by atoms with Gasteiger partial charge in [0.05, 0.1) is 12.9 Å². The predicted molar refractivity (Wildman–Crippen MR) is 131 cm³/mol. The van der Waals surface area contributed by atoms with E-state index < -0.39 is 0 Å². The number of piperidine rings is 1. The average molecular weight is 541 g/mol. The Morgan fingerprint density at radius 3 is 2.77 bits per heavy atom. The molecule has 170 valence electrons. The van der Waals surface area contributed by atoms with Gasteiger partial charge >= 0.3 is 6.09 Å². The molecule has 1 aliphatic heterocycles. The minimum Gasteiger partial charge on any atom is -0.469 e. The van der Waals surface area contributed by atoms with Crippen molar-refractivity contribution in [2.75, 3.05) is 32.8 Å². The van der Waals surface area contributed by atoms with Crippen LogP contribution < -0.4 is 10.6 Å². The van der Waals surface area contributed by atoms with Gasteiger partial charge in [-0.15, -0.1) is 24.0 Å². The summed E-state index contributed by atoms with van der Waals surface area (Å²) < 4.78 is 10.5. The molecule has 2 N–H and O–H groups in total. The van der Waals surface area contributed by atoms with Gasteiger partial charge in [0.1, 0.15) is 5.76 Å². The number of likely N-dealkylation sites (tertiary alicyclic amines) is 1. The van der Waals surface area contributed by atoms with Crippen molar-refractivity contribution in [3.63, 3.8) is 0 Å². The maximum absolute atomic E-state index is 11.9. The molecule has 0 radical (unpaired) electrons. The number of guanidine groups is 1. The van der Waals surface area contributed by atoms with E-state index in [4.69, 9.17) is 14.1 Å². The van der Waals surface area contributed by atoms with Crippen molar-refractivity contribution in [3.05, 3.63) is 54.2 Å². The topological polar surface area (TPSA) is 92.0 Å². The highest BCUT2D eigenvalue weighted by Gasteiger charge is 2.24. The van der Waals surface area contributed by atoms with Gasteiger partial charge in [-0.2, -0.15) is 0 Å². The second-order valence-corrected chi connectivity index (χ2v) is 7.16. The quantitative estimate of drug-likeness (QED) is 0.303. The summed E-state index contributed by atoms with van der Waals surface area (Å²) in [5.41, 5.74) is 1.04. The molecule has 0 spiro atoms. The molecular formula is C22H32IN5O3. The predicted octanol–water partition coefficient (Wildman–Crippen LogP) is 3.23. The molecule has 0 atom stereocenters. The van der Waals surface area contributed by atoms with E-state index in [9.17, 15) is 4.79 Å². The van der Waals surface area contributed by atoms with Crippen molar-refractivity contribution < 1.29 is 13.9 Å². The van der Waals surface area contributed by atoms with Gasteiger partial charge in [-0.25, -0.2) is 4.79 Å². The highest BCUT2D eigenvalue weighted by Crippen LogP contribution is 2.11. The molecule has 0 bridgehead atoms. The van der Waals surface area contributed by atoms with Crippen LogP contribution in [-0.4, -0.2) is 60.8 Å². The molecular weight excluding hydrogens is 509 g/mol. The van der Waals surface area contributed by atoms with E-state index in [1.807, 2.05) is 43.5 Å². The fourth-order valence-electron chi connectivity index (χ4n) is 3.35. The summed E-state index contributed by atoms with van der Waals surface area (Å²) in [5.74, 6) is 1.71. The van der Waals surface area contributed by atoms with E-state index in [-0.39, 0.29) is 36.1 Å². The first kappa shape index (κ1) is 25.0. The first-order valence-corrected chi connectivity index (χ1v) is 10.6. The van der Waals surface area contributed by atoms with Crippen LogP contribution in [0.3, 0.4) is 0 Å². The second kappa shape index (κ2) is 13.9. The number of halogens is 1. The van der Waals surface area contributed by atoms with E-state index in [0.29, 0.717) is 26.2 Å². The Hall–Kier alpha value is -2.30. The van der Waals surface area contributed by atoms with Crippen LogP contribution in [0, 0.1) is 0 Å². The Labute approximate surface area is 200 Å². The number of ether oxygens (including phenoxy) is 1. The van der Waals surface area contributed by atoms with Crippen LogP contribution in [0.25, 0.3) is 0 Å². The highest BCUT2D eigenvalue weighted by molar-refractivity contribution is 14.0. The largest absolute Gasteiger partial charge is 0.469 e. The van der Waals surface area contributed by atoms with Crippen molar-refractivity contribution in [3.8, 4) is 0 Å². The number of nitrogens with one attached hydrogen (secondary N) is 2. The monoisotopic (exact) mass is 541 g/mol. The van der Waals surface area contributed by atoms with Gasteiger partial charge in [0.2, 0.25) is 0 Å². The first-order chi connectivity index (χ1) is 14.7. The lowest BCUT2D eigenvalue weighted by atomic mass is 10.1. The minimum atomic E-state index is -0.225. The average Bonchev–Trinajstić information content (AvgIpc) is 3.28. The number of furan rings is 1. The van der Waals surface area contributed by atoms with Crippen molar-refractivity contribution in [2.45, 2.75) is 38.6 Å². The lowest BCUT2D eigenvalue weighted by molar-refractivity contribution is 0.0963. The van der Waals surface area contributed by atoms with Crippen LogP contribution in [0.4, 0.5) is 4.79 Å². The number of aliphatic imine (C=N–C) groups is 1. The summed E-state index contributed by atoms with van der Waals surface area (Å²) in [6.07, 6.45) is 6.55. The van der Waals surface area contributed by atoms with Crippen molar-refractivity contribution in [1.29, 1.82) is 0 Å². The van der Waals surface area contributed by atoms with Gasteiger partial charge in [-0.05, 0) is 44.0 Å². The molecule has 1 aliphatic rings. The normalized spacial score (nSPS) is 14.6. The number of rotatable bonds is 8. The summed E-state index contributed by atoms with van der Waals surface area (Å²) in [4.78, 5) is 22.7. The number of nitrogens with zero attached hydrogens (tertiary/aromatic N) is 3. The Kier molecular flexibility index (Phi) is 11.2. The molecule has 1 amide bonds. The Balaban J connectivity index is 0.00000341. The minimum absolute atomic E-state index is 0. The maximum Gasteiger partial charge on any atom is 0.409 e. The number of carbonyl (C=O) groups is 1. The van der Waals surface area contributed by atoms with Gasteiger partial charge in [0.15, 0.2) is 5.96 Å². The second-order valence-electron chi connectivity index (χ2n) is 7.16. The van der Waals surface area contributed by atoms with Gasteiger partial charge in [0, 0.05) is 57.0 Å². The molecule has 3 rings (SSSR count). The van der Waals surface area contributed by atoms with E-state index in [0.717, 1.165) is 49.6 Å². The van der Waals surface area contributed by atoms with Crippen LogP contribution in [0.5, 0.6) is 0 Å². The molecule has 2 aromatic rings. The molecule has 9 heteroatoms. The van der Waals surface area contributed by atoms with Crippen molar-refractivity contribution in [2.24, 2.45) is 4.99 Å². The molecule has 3 heterocycles. The molecule has 8 nitrogen and oxygen atoms in total. The van der Waals surface area contributed by atoms with E-state index in [2.05, 4.69) is 15.6 Å². The third-order valence-electron chi connectivity index (χ3n) is 4.97. The SMILES string of the molecule is CCOC(=O)N1CCC(NC(=NCCc2ccco2)NCCc2ccccn2)CC1.I. The zero-order valence-corrected chi connectivity index (χ0v) is 20.3. The van der Waals surface area contributed by atoms with Crippen molar-refractivity contribution in [1.82, 2.24) is 20.5 Å². The number of hydrogen-bond acceptors (Lipinski definition) is 5. The number of aromatic nitrogens is 1. The van der Waals surface area contributed by atoms with Gasteiger partial charge in [-0.3, -0.25) is 9.98 Å². The zero-order chi connectivity index (χ0) is 21.0. The summed E-state index contributed by atoms with van der Waals surface area (Å²) >= 11 is 0. The molecule has 0 aromatic carbocycles. The Morgan fingerprint density at radius 2 is 2.10 bits per heavy atom. The molecule has 0 unspecified atom stereocenters. The molecule has 0 aliphatic carbocycles. The van der Waals surface area contributed by atoms with E-state index in [1.165, 1.54) is 0 Å². The van der Waals surface area contributed by atoms with Gasteiger partial charge in [-0.1, -0.05) is 6.07 Å². The Morgan fingerprint density at radius 1 is 1.26 bits per heavy atom.